The second-order valence-corrected chi connectivity index (χ2v) is 6.81. The lowest BCUT2D eigenvalue weighted by Crippen LogP contribution is -2.14. The third kappa shape index (κ3) is 4.93. The Kier molecular flexibility index (Phi) is 5.98. The van der Waals surface area contributed by atoms with Gasteiger partial charge in [-0.3, -0.25) is 4.79 Å². The van der Waals surface area contributed by atoms with Crippen LogP contribution in [0.3, 0.4) is 0 Å². The van der Waals surface area contributed by atoms with Crippen molar-refractivity contribution in [2.24, 2.45) is 0 Å². The molecule has 1 heterocycles. The molecule has 0 saturated heterocycles. The molecule has 6 nitrogen and oxygen atoms in total. The number of methoxy groups -OCH3 is 1. The van der Waals surface area contributed by atoms with E-state index in [9.17, 15) is 9.59 Å². The van der Waals surface area contributed by atoms with Crippen LogP contribution in [-0.2, 0) is 16.1 Å². The van der Waals surface area contributed by atoms with Gasteiger partial charge in [0.15, 0.2) is 12.4 Å². The Morgan fingerprint density at radius 1 is 0.968 bits per heavy atom. The van der Waals surface area contributed by atoms with Gasteiger partial charge >= 0.3 is 5.97 Å². The van der Waals surface area contributed by atoms with Gasteiger partial charge < -0.3 is 18.9 Å². The number of ketones is 1. The third-order valence-electron chi connectivity index (χ3n) is 4.63. The number of esters is 1. The number of Topliss-reactive ketones (excluding diaryl/α,β-unsaturated/α-hetero) is 1. The lowest BCUT2D eigenvalue weighted by atomic mass is 10.1. The molecule has 0 aromatic heterocycles. The maximum absolute atomic E-state index is 12.6. The molecule has 6 heteroatoms. The highest BCUT2D eigenvalue weighted by Crippen LogP contribution is 2.35. The molecule has 31 heavy (non-hydrogen) atoms. The quantitative estimate of drug-likeness (QED) is 0.419. The van der Waals surface area contributed by atoms with Crippen molar-refractivity contribution in [3.05, 3.63) is 95.2 Å². The number of hydrogen-bond acceptors (Lipinski definition) is 6. The number of allylic oxidation sites excluding steroid dienone is 1. The molecule has 1 aliphatic rings. The van der Waals surface area contributed by atoms with Gasteiger partial charge in [-0.1, -0.05) is 42.5 Å². The first-order chi connectivity index (χ1) is 15.1. The molecule has 0 spiro atoms. The van der Waals surface area contributed by atoms with E-state index in [-0.39, 0.29) is 24.8 Å². The zero-order chi connectivity index (χ0) is 21.6. The normalized spacial score (nSPS) is 13.5. The third-order valence-corrected chi connectivity index (χ3v) is 4.63. The molecule has 0 bridgehead atoms. The molecule has 0 fully saturated rings. The summed E-state index contributed by atoms with van der Waals surface area (Å²) >= 11 is 0. The van der Waals surface area contributed by atoms with Crippen LogP contribution in [-0.4, -0.2) is 25.5 Å². The van der Waals surface area contributed by atoms with Crippen LogP contribution in [0.15, 0.2) is 78.6 Å². The monoisotopic (exact) mass is 416 g/mol. The lowest BCUT2D eigenvalue weighted by Gasteiger charge is -2.08. The lowest BCUT2D eigenvalue weighted by molar-refractivity contribution is -0.147. The van der Waals surface area contributed by atoms with Gasteiger partial charge in [-0.05, 0) is 41.5 Å². The van der Waals surface area contributed by atoms with Gasteiger partial charge in [0.25, 0.3) is 0 Å². The van der Waals surface area contributed by atoms with Crippen LogP contribution in [0.1, 0.15) is 21.5 Å². The molecule has 0 amide bonds. The van der Waals surface area contributed by atoms with Gasteiger partial charge in [0.2, 0.25) is 5.78 Å². The molecule has 4 rings (SSSR count). The van der Waals surface area contributed by atoms with Crippen LogP contribution in [0.4, 0.5) is 0 Å². The van der Waals surface area contributed by atoms with Crippen molar-refractivity contribution in [3.63, 3.8) is 0 Å². The van der Waals surface area contributed by atoms with E-state index in [0.29, 0.717) is 22.8 Å². The van der Waals surface area contributed by atoms with E-state index in [1.807, 2.05) is 54.6 Å². The van der Waals surface area contributed by atoms with Crippen LogP contribution < -0.4 is 14.2 Å². The highest BCUT2D eigenvalue weighted by molar-refractivity contribution is 6.14. The molecule has 156 valence electrons. The SMILES string of the molecule is COc1cccc(/C=C2/Oc3cc(OCC(=O)OCc4ccccc4)ccc3C2=O)c1. The van der Waals surface area contributed by atoms with Gasteiger partial charge in [0.1, 0.15) is 23.9 Å². The van der Waals surface area contributed by atoms with Gasteiger partial charge in [-0.2, -0.15) is 0 Å². The number of carbonyl (C=O) groups excluding carboxylic acids is 2. The van der Waals surface area contributed by atoms with Crippen molar-refractivity contribution in [1.29, 1.82) is 0 Å². The van der Waals surface area contributed by atoms with Crippen LogP contribution in [0.25, 0.3) is 6.08 Å². The van der Waals surface area contributed by atoms with Crippen molar-refractivity contribution >= 4 is 17.8 Å². The molecule has 3 aromatic rings. The first-order valence-corrected chi connectivity index (χ1v) is 9.67. The van der Waals surface area contributed by atoms with Crippen molar-refractivity contribution in [1.82, 2.24) is 0 Å². The smallest absolute Gasteiger partial charge is 0.344 e. The first-order valence-electron chi connectivity index (χ1n) is 9.67. The van der Waals surface area contributed by atoms with Crippen LogP contribution in [0.2, 0.25) is 0 Å². The summed E-state index contributed by atoms with van der Waals surface area (Å²) < 4.78 is 21.6. The standard InChI is InChI=1S/C25H20O6/c1-28-19-9-5-8-18(12-19)13-23-25(27)21-11-10-20(14-22(21)31-23)29-16-24(26)30-15-17-6-3-2-4-7-17/h2-14H,15-16H2,1H3/b23-13+. The summed E-state index contributed by atoms with van der Waals surface area (Å²) in [5.41, 5.74) is 2.12. The molecular formula is C25H20O6. The van der Waals surface area contributed by atoms with Gasteiger partial charge in [-0.15, -0.1) is 0 Å². The highest BCUT2D eigenvalue weighted by atomic mass is 16.6. The van der Waals surface area contributed by atoms with Crippen LogP contribution in [0, 0.1) is 0 Å². The molecule has 3 aromatic carbocycles. The predicted octanol–water partition coefficient (Wildman–Crippen LogP) is 4.43. The Morgan fingerprint density at radius 2 is 1.81 bits per heavy atom. The van der Waals surface area contributed by atoms with Gasteiger partial charge in [0.05, 0.1) is 12.7 Å². The Labute approximate surface area is 179 Å². The summed E-state index contributed by atoms with van der Waals surface area (Å²) in [6.45, 7) is -0.0602. The number of benzene rings is 3. The molecule has 0 N–H and O–H groups in total. The molecule has 0 saturated carbocycles. The van der Waals surface area contributed by atoms with E-state index in [1.54, 1.807) is 31.4 Å². The summed E-state index contributed by atoms with van der Waals surface area (Å²) in [6.07, 6.45) is 1.66. The minimum absolute atomic E-state index is 0.184. The fraction of sp³-hybridized carbons (Fsp3) is 0.120. The Balaban J connectivity index is 1.37. The van der Waals surface area contributed by atoms with Crippen molar-refractivity contribution < 1.29 is 28.5 Å². The Hall–Kier alpha value is -4.06. The Morgan fingerprint density at radius 3 is 2.61 bits per heavy atom. The summed E-state index contributed by atoms with van der Waals surface area (Å²) in [6, 6.07) is 21.5. The summed E-state index contributed by atoms with van der Waals surface area (Å²) in [5.74, 6) is 0.988. The van der Waals surface area contributed by atoms with E-state index in [4.69, 9.17) is 18.9 Å². The first kappa shape index (κ1) is 20.2. The maximum atomic E-state index is 12.6. The molecule has 0 unspecified atom stereocenters. The number of fused-ring (bicyclic) bond motifs is 1. The van der Waals surface area contributed by atoms with Gasteiger partial charge in [0, 0.05) is 6.07 Å². The molecule has 0 radical (unpaired) electrons. The van der Waals surface area contributed by atoms with Gasteiger partial charge in [-0.25, -0.2) is 4.79 Å². The number of ether oxygens (including phenoxy) is 4. The summed E-state index contributed by atoms with van der Waals surface area (Å²) in [4.78, 5) is 24.5. The second kappa shape index (κ2) is 9.17. The fourth-order valence-corrected chi connectivity index (χ4v) is 3.06. The predicted molar refractivity (Wildman–Crippen MR) is 114 cm³/mol. The van der Waals surface area contributed by atoms with E-state index in [0.717, 1.165) is 11.1 Å². The van der Waals surface area contributed by atoms with E-state index >= 15 is 0 Å². The molecule has 0 atom stereocenters. The van der Waals surface area contributed by atoms with Crippen molar-refractivity contribution in [2.45, 2.75) is 6.61 Å². The topological polar surface area (TPSA) is 71.1 Å². The number of rotatable bonds is 7. The van der Waals surface area contributed by atoms with E-state index < -0.39 is 5.97 Å². The average molecular weight is 416 g/mol. The summed E-state index contributed by atoms with van der Waals surface area (Å²) in [5, 5.41) is 0. The van der Waals surface area contributed by atoms with Crippen molar-refractivity contribution in [2.75, 3.05) is 13.7 Å². The van der Waals surface area contributed by atoms with E-state index in [1.165, 1.54) is 0 Å². The molecule has 0 aliphatic carbocycles. The Bertz CT molecular complexity index is 1130. The number of carbonyl (C=O) groups is 2. The minimum atomic E-state index is -0.486. The zero-order valence-corrected chi connectivity index (χ0v) is 16.9. The van der Waals surface area contributed by atoms with E-state index in [2.05, 4.69) is 0 Å². The molecular weight excluding hydrogens is 396 g/mol. The molecule has 1 aliphatic heterocycles. The fourth-order valence-electron chi connectivity index (χ4n) is 3.06. The van der Waals surface area contributed by atoms with Crippen LogP contribution >= 0.6 is 0 Å². The maximum Gasteiger partial charge on any atom is 0.344 e. The second-order valence-electron chi connectivity index (χ2n) is 6.81. The summed E-state index contributed by atoms with van der Waals surface area (Å²) in [7, 11) is 1.58. The van der Waals surface area contributed by atoms with Crippen molar-refractivity contribution in [3.8, 4) is 17.2 Å². The highest BCUT2D eigenvalue weighted by Gasteiger charge is 2.27. The zero-order valence-electron chi connectivity index (χ0n) is 16.9. The number of hydrogen-bond donors (Lipinski definition) is 0. The van der Waals surface area contributed by atoms with Crippen LogP contribution in [0.5, 0.6) is 17.2 Å². The average Bonchev–Trinajstić information content (AvgIpc) is 3.11. The minimum Gasteiger partial charge on any atom is -0.497 e. The largest absolute Gasteiger partial charge is 0.497 e.